The molecular weight excluding hydrogens is 292 g/mol. The molecule has 6 heteroatoms. The van der Waals surface area contributed by atoms with Gasteiger partial charge in [0.2, 0.25) is 0 Å². The van der Waals surface area contributed by atoms with Crippen molar-refractivity contribution in [3.05, 3.63) is 41.0 Å². The normalized spacial score (nSPS) is 13.7. The molecule has 5 nitrogen and oxygen atoms in total. The number of carbonyl (C=O) groups excluding carboxylic acids is 1. The molecule has 110 valence electrons. The van der Waals surface area contributed by atoms with E-state index in [1.165, 1.54) is 6.92 Å². The SMILES string of the molecule is CCC(C)(NC(=O)c1ccc2ccc(Cl)cc2n1)C(=O)O. The Kier molecular flexibility index (Phi) is 4.14. The predicted molar refractivity (Wildman–Crippen MR) is 80.6 cm³/mol. The Morgan fingerprint density at radius 2 is 2.00 bits per heavy atom. The van der Waals surface area contributed by atoms with Gasteiger partial charge in [-0.2, -0.15) is 0 Å². The smallest absolute Gasteiger partial charge is 0.329 e. The monoisotopic (exact) mass is 306 g/mol. The quantitative estimate of drug-likeness (QED) is 0.910. The molecule has 21 heavy (non-hydrogen) atoms. The van der Waals surface area contributed by atoms with Crippen LogP contribution in [0.1, 0.15) is 30.8 Å². The summed E-state index contributed by atoms with van der Waals surface area (Å²) < 4.78 is 0. The molecular formula is C15H15ClN2O3. The molecule has 1 aromatic carbocycles. The van der Waals surface area contributed by atoms with Gasteiger partial charge < -0.3 is 10.4 Å². The van der Waals surface area contributed by atoms with Crippen molar-refractivity contribution in [1.82, 2.24) is 10.3 Å². The lowest BCUT2D eigenvalue weighted by molar-refractivity contribution is -0.143. The third kappa shape index (κ3) is 3.13. The molecule has 2 N–H and O–H groups in total. The van der Waals surface area contributed by atoms with Crippen molar-refractivity contribution in [2.75, 3.05) is 0 Å². The predicted octanol–water partition coefficient (Wildman–Crippen LogP) is 2.87. The zero-order valence-electron chi connectivity index (χ0n) is 11.7. The molecule has 0 aliphatic carbocycles. The van der Waals surface area contributed by atoms with E-state index in [1.807, 2.05) is 0 Å². The summed E-state index contributed by atoms with van der Waals surface area (Å²) in [5.74, 6) is -1.61. The summed E-state index contributed by atoms with van der Waals surface area (Å²) in [6, 6.07) is 8.51. The molecule has 1 aromatic heterocycles. The van der Waals surface area contributed by atoms with Crippen LogP contribution in [0.3, 0.4) is 0 Å². The second kappa shape index (κ2) is 5.69. The van der Waals surface area contributed by atoms with E-state index in [2.05, 4.69) is 10.3 Å². The molecule has 0 radical (unpaired) electrons. The van der Waals surface area contributed by atoms with Crippen LogP contribution in [0, 0.1) is 0 Å². The number of nitrogens with one attached hydrogen (secondary N) is 1. The lowest BCUT2D eigenvalue weighted by Crippen LogP contribution is -2.51. The summed E-state index contributed by atoms with van der Waals surface area (Å²) in [5.41, 5.74) is -0.573. The van der Waals surface area contributed by atoms with E-state index in [4.69, 9.17) is 11.6 Å². The number of carbonyl (C=O) groups is 2. The Morgan fingerprint density at radius 3 is 2.62 bits per heavy atom. The number of aliphatic carboxylic acids is 1. The number of amides is 1. The second-order valence-electron chi connectivity index (χ2n) is 4.98. The molecule has 0 saturated carbocycles. The highest BCUT2D eigenvalue weighted by Crippen LogP contribution is 2.18. The first-order valence-electron chi connectivity index (χ1n) is 6.48. The zero-order valence-corrected chi connectivity index (χ0v) is 12.4. The van der Waals surface area contributed by atoms with Crippen molar-refractivity contribution in [3.63, 3.8) is 0 Å². The van der Waals surface area contributed by atoms with Crippen molar-refractivity contribution >= 4 is 34.4 Å². The van der Waals surface area contributed by atoms with Gasteiger partial charge in [-0.15, -0.1) is 0 Å². The van der Waals surface area contributed by atoms with Crippen molar-refractivity contribution in [2.45, 2.75) is 25.8 Å². The minimum atomic E-state index is -1.32. The van der Waals surface area contributed by atoms with Gasteiger partial charge in [-0.05, 0) is 31.5 Å². The number of carboxylic acids is 1. The number of pyridine rings is 1. The standard InChI is InChI=1S/C15H15ClN2O3/c1-3-15(2,14(20)21)18-13(19)11-7-5-9-4-6-10(16)8-12(9)17-11/h4-8H,3H2,1-2H3,(H,18,19)(H,20,21). The van der Waals surface area contributed by atoms with Crippen molar-refractivity contribution in [1.29, 1.82) is 0 Å². The molecule has 2 aromatic rings. The Bertz CT molecular complexity index is 717. The number of aromatic nitrogens is 1. The summed E-state index contributed by atoms with van der Waals surface area (Å²) in [6.45, 7) is 3.16. The Morgan fingerprint density at radius 1 is 1.33 bits per heavy atom. The number of halogens is 1. The van der Waals surface area contributed by atoms with Crippen LogP contribution >= 0.6 is 11.6 Å². The zero-order chi connectivity index (χ0) is 15.6. The number of carboxylic acid groups (broad SMARTS) is 1. The second-order valence-corrected chi connectivity index (χ2v) is 5.41. The van der Waals surface area contributed by atoms with Gasteiger partial charge in [-0.1, -0.05) is 30.7 Å². The number of fused-ring (bicyclic) bond motifs is 1. The highest BCUT2D eigenvalue weighted by molar-refractivity contribution is 6.31. The average molecular weight is 307 g/mol. The van der Waals surface area contributed by atoms with Gasteiger partial charge in [0.25, 0.3) is 5.91 Å². The van der Waals surface area contributed by atoms with Crippen molar-refractivity contribution in [2.24, 2.45) is 0 Å². The van der Waals surface area contributed by atoms with Crippen LogP contribution in [-0.4, -0.2) is 27.5 Å². The molecule has 0 fully saturated rings. The van der Waals surface area contributed by atoms with Gasteiger partial charge in [0, 0.05) is 10.4 Å². The maximum atomic E-state index is 12.2. The summed E-state index contributed by atoms with van der Waals surface area (Å²) in [5, 5.41) is 13.1. The van der Waals surface area contributed by atoms with Crippen LogP contribution < -0.4 is 5.32 Å². The van der Waals surface area contributed by atoms with E-state index in [0.29, 0.717) is 10.5 Å². The van der Waals surface area contributed by atoms with Crippen molar-refractivity contribution < 1.29 is 14.7 Å². The topological polar surface area (TPSA) is 79.3 Å². The summed E-state index contributed by atoms with van der Waals surface area (Å²) in [4.78, 5) is 27.6. The van der Waals surface area contributed by atoms with Crippen molar-refractivity contribution in [3.8, 4) is 0 Å². The minimum Gasteiger partial charge on any atom is -0.480 e. The van der Waals surface area contributed by atoms with Gasteiger partial charge >= 0.3 is 5.97 Å². The molecule has 0 aliphatic rings. The van der Waals surface area contributed by atoms with E-state index >= 15 is 0 Å². The molecule has 1 amide bonds. The minimum absolute atomic E-state index is 0.158. The Labute approximate surface area is 126 Å². The number of benzene rings is 1. The third-order valence-corrected chi connectivity index (χ3v) is 3.69. The van der Waals surface area contributed by atoms with Gasteiger partial charge in [-0.25, -0.2) is 9.78 Å². The number of hydrogen-bond acceptors (Lipinski definition) is 3. The van der Waals surface area contributed by atoms with Gasteiger partial charge in [0.15, 0.2) is 0 Å². The lowest BCUT2D eigenvalue weighted by atomic mass is 9.99. The van der Waals surface area contributed by atoms with Gasteiger partial charge in [0.05, 0.1) is 5.52 Å². The lowest BCUT2D eigenvalue weighted by Gasteiger charge is -2.24. The highest BCUT2D eigenvalue weighted by atomic mass is 35.5. The number of nitrogens with zero attached hydrogens (tertiary/aromatic N) is 1. The summed E-state index contributed by atoms with van der Waals surface area (Å²) >= 11 is 5.90. The first-order chi connectivity index (χ1) is 9.85. The number of rotatable bonds is 4. The maximum absolute atomic E-state index is 12.2. The van der Waals surface area contributed by atoms with E-state index in [0.717, 1.165) is 5.39 Å². The van der Waals surface area contributed by atoms with Gasteiger partial charge in [-0.3, -0.25) is 4.79 Å². The van der Waals surface area contributed by atoms with E-state index in [1.54, 1.807) is 37.3 Å². The molecule has 2 rings (SSSR count). The average Bonchev–Trinajstić information content (AvgIpc) is 2.45. The first kappa shape index (κ1) is 15.3. The molecule has 1 atom stereocenters. The van der Waals surface area contributed by atoms with Crippen LogP contribution in [0.25, 0.3) is 10.9 Å². The molecule has 1 unspecified atom stereocenters. The maximum Gasteiger partial charge on any atom is 0.329 e. The molecule has 0 aliphatic heterocycles. The van der Waals surface area contributed by atoms with E-state index in [9.17, 15) is 14.7 Å². The highest BCUT2D eigenvalue weighted by Gasteiger charge is 2.33. The van der Waals surface area contributed by atoms with E-state index < -0.39 is 17.4 Å². The van der Waals surface area contributed by atoms with Crippen LogP contribution in [0.15, 0.2) is 30.3 Å². The summed E-state index contributed by atoms with van der Waals surface area (Å²) in [7, 11) is 0. The Balaban J connectivity index is 2.33. The van der Waals surface area contributed by atoms with E-state index in [-0.39, 0.29) is 12.1 Å². The van der Waals surface area contributed by atoms with Crippen LogP contribution in [0.2, 0.25) is 5.02 Å². The fourth-order valence-electron chi connectivity index (χ4n) is 1.82. The number of hydrogen-bond donors (Lipinski definition) is 2. The van der Waals surface area contributed by atoms with Gasteiger partial charge in [0.1, 0.15) is 11.2 Å². The van der Waals surface area contributed by atoms with Crippen LogP contribution in [0.5, 0.6) is 0 Å². The van der Waals surface area contributed by atoms with Crippen LogP contribution in [0.4, 0.5) is 0 Å². The summed E-state index contributed by atoms with van der Waals surface area (Å²) in [6.07, 6.45) is 0.271. The fourth-order valence-corrected chi connectivity index (χ4v) is 1.99. The fraction of sp³-hybridized carbons (Fsp3) is 0.267. The Hall–Kier alpha value is -2.14. The largest absolute Gasteiger partial charge is 0.480 e. The molecule has 1 heterocycles. The first-order valence-corrected chi connectivity index (χ1v) is 6.86. The molecule has 0 bridgehead atoms. The molecule has 0 saturated heterocycles. The molecule has 0 spiro atoms. The third-order valence-electron chi connectivity index (χ3n) is 3.46. The van der Waals surface area contributed by atoms with Crippen LogP contribution in [-0.2, 0) is 4.79 Å².